The SMILES string of the molecule is CCCC1CN(CCCC(C)C)CCN1. The highest BCUT2D eigenvalue weighted by Gasteiger charge is 2.17. The maximum atomic E-state index is 3.61. The molecule has 0 amide bonds. The van der Waals surface area contributed by atoms with Crippen molar-refractivity contribution >= 4 is 0 Å². The van der Waals surface area contributed by atoms with Crippen LogP contribution in [0.1, 0.15) is 46.5 Å². The summed E-state index contributed by atoms with van der Waals surface area (Å²) in [4.78, 5) is 2.64. The van der Waals surface area contributed by atoms with Gasteiger partial charge in [-0.1, -0.05) is 27.2 Å². The molecule has 1 fully saturated rings. The Hall–Kier alpha value is -0.0800. The summed E-state index contributed by atoms with van der Waals surface area (Å²) < 4.78 is 0. The molecule has 0 saturated carbocycles. The molecule has 1 saturated heterocycles. The number of hydrogen-bond acceptors (Lipinski definition) is 2. The van der Waals surface area contributed by atoms with Crippen LogP contribution in [0.3, 0.4) is 0 Å². The van der Waals surface area contributed by atoms with Crippen LogP contribution in [0.4, 0.5) is 0 Å². The molecule has 0 aromatic rings. The monoisotopic (exact) mass is 212 g/mol. The fourth-order valence-corrected chi connectivity index (χ4v) is 2.36. The largest absolute Gasteiger partial charge is 0.311 e. The summed E-state index contributed by atoms with van der Waals surface area (Å²) in [5, 5.41) is 3.61. The summed E-state index contributed by atoms with van der Waals surface area (Å²) >= 11 is 0. The van der Waals surface area contributed by atoms with Gasteiger partial charge in [0, 0.05) is 25.7 Å². The lowest BCUT2D eigenvalue weighted by Crippen LogP contribution is -2.50. The normalized spacial score (nSPS) is 23.6. The van der Waals surface area contributed by atoms with Crippen LogP contribution in [-0.4, -0.2) is 37.1 Å². The second kappa shape index (κ2) is 7.24. The second-order valence-electron chi connectivity index (χ2n) is 5.28. The molecule has 1 unspecified atom stereocenters. The predicted molar refractivity (Wildman–Crippen MR) is 67.2 cm³/mol. The van der Waals surface area contributed by atoms with Gasteiger partial charge in [0.2, 0.25) is 0 Å². The van der Waals surface area contributed by atoms with Crippen LogP contribution in [0.25, 0.3) is 0 Å². The molecule has 1 aliphatic heterocycles. The molecule has 0 radical (unpaired) electrons. The van der Waals surface area contributed by atoms with Crippen molar-refractivity contribution in [1.29, 1.82) is 0 Å². The minimum atomic E-state index is 0.753. The zero-order valence-corrected chi connectivity index (χ0v) is 10.8. The highest BCUT2D eigenvalue weighted by molar-refractivity contribution is 4.77. The third-order valence-electron chi connectivity index (χ3n) is 3.23. The van der Waals surface area contributed by atoms with E-state index in [4.69, 9.17) is 0 Å². The molecule has 1 heterocycles. The zero-order valence-electron chi connectivity index (χ0n) is 10.8. The van der Waals surface area contributed by atoms with Crippen LogP contribution in [0.5, 0.6) is 0 Å². The highest BCUT2D eigenvalue weighted by atomic mass is 15.2. The van der Waals surface area contributed by atoms with Crippen LogP contribution in [0.15, 0.2) is 0 Å². The smallest absolute Gasteiger partial charge is 0.0195 e. The number of hydrogen-bond donors (Lipinski definition) is 1. The van der Waals surface area contributed by atoms with Crippen LogP contribution in [0, 0.1) is 5.92 Å². The predicted octanol–water partition coefficient (Wildman–Crippen LogP) is 2.50. The quantitative estimate of drug-likeness (QED) is 0.728. The molecule has 2 nitrogen and oxygen atoms in total. The van der Waals surface area contributed by atoms with Crippen LogP contribution < -0.4 is 5.32 Å². The van der Waals surface area contributed by atoms with Gasteiger partial charge in [0.25, 0.3) is 0 Å². The standard InChI is InChI=1S/C13H28N2/c1-4-6-13-11-15(10-8-14-13)9-5-7-12(2)3/h12-14H,4-11H2,1-3H3. The molecular formula is C13H28N2. The Balaban J connectivity index is 2.12. The summed E-state index contributed by atoms with van der Waals surface area (Å²) in [6.45, 7) is 11.9. The summed E-state index contributed by atoms with van der Waals surface area (Å²) in [5.74, 6) is 0.861. The average Bonchev–Trinajstić information content (AvgIpc) is 2.18. The highest BCUT2D eigenvalue weighted by Crippen LogP contribution is 2.08. The lowest BCUT2D eigenvalue weighted by molar-refractivity contribution is 0.189. The molecule has 2 heteroatoms. The Kier molecular flexibility index (Phi) is 6.26. The van der Waals surface area contributed by atoms with Crippen molar-refractivity contribution in [1.82, 2.24) is 10.2 Å². The molecule has 1 aliphatic rings. The number of nitrogens with one attached hydrogen (secondary N) is 1. The molecule has 15 heavy (non-hydrogen) atoms. The lowest BCUT2D eigenvalue weighted by atomic mass is 10.1. The lowest BCUT2D eigenvalue weighted by Gasteiger charge is -2.33. The Bertz CT molecular complexity index is 155. The average molecular weight is 212 g/mol. The first kappa shape index (κ1) is 13.0. The van der Waals surface area contributed by atoms with E-state index in [1.807, 2.05) is 0 Å². The number of rotatable bonds is 6. The van der Waals surface area contributed by atoms with E-state index in [0.29, 0.717) is 0 Å². The Morgan fingerprint density at radius 2 is 2.20 bits per heavy atom. The first-order valence-corrected chi connectivity index (χ1v) is 6.68. The van der Waals surface area contributed by atoms with Crippen molar-refractivity contribution in [2.75, 3.05) is 26.2 Å². The Morgan fingerprint density at radius 3 is 2.87 bits per heavy atom. The van der Waals surface area contributed by atoms with Crippen LogP contribution in [-0.2, 0) is 0 Å². The molecule has 1 rings (SSSR count). The fraction of sp³-hybridized carbons (Fsp3) is 1.00. The van der Waals surface area contributed by atoms with Crippen molar-refractivity contribution in [2.24, 2.45) is 5.92 Å². The topological polar surface area (TPSA) is 15.3 Å². The first-order valence-electron chi connectivity index (χ1n) is 6.68. The van der Waals surface area contributed by atoms with Gasteiger partial charge in [-0.2, -0.15) is 0 Å². The van der Waals surface area contributed by atoms with Crippen molar-refractivity contribution < 1.29 is 0 Å². The molecular weight excluding hydrogens is 184 g/mol. The molecule has 0 aromatic heterocycles. The molecule has 0 aromatic carbocycles. The molecule has 1 N–H and O–H groups in total. The van der Waals surface area contributed by atoms with Crippen molar-refractivity contribution in [2.45, 2.75) is 52.5 Å². The van der Waals surface area contributed by atoms with Gasteiger partial charge in [-0.25, -0.2) is 0 Å². The number of nitrogens with zero attached hydrogens (tertiary/aromatic N) is 1. The van der Waals surface area contributed by atoms with Crippen molar-refractivity contribution in [3.05, 3.63) is 0 Å². The molecule has 0 spiro atoms. The van der Waals surface area contributed by atoms with Gasteiger partial charge in [0.05, 0.1) is 0 Å². The second-order valence-corrected chi connectivity index (χ2v) is 5.28. The van der Waals surface area contributed by atoms with Crippen molar-refractivity contribution in [3.63, 3.8) is 0 Å². The van der Waals surface area contributed by atoms with Gasteiger partial charge in [0.1, 0.15) is 0 Å². The third kappa shape index (κ3) is 5.53. The van der Waals surface area contributed by atoms with Gasteiger partial charge in [0.15, 0.2) is 0 Å². The summed E-state index contributed by atoms with van der Waals surface area (Å²) in [6.07, 6.45) is 5.39. The van der Waals surface area contributed by atoms with E-state index in [-0.39, 0.29) is 0 Å². The Morgan fingerprint density at radius 1 is 1.40 bits per heavy atom. The van der Waals surface area contributed by atoms with Gasteiger partial charge in [-0.15, -0.1) is 0 Å². The van der Waals surface area contributed by atoms with E-state index in [0.717, 1.165) is 12.0 Å². The molecule has 0 bridgehead atoms. The van der Waals surface area contributed by atoms with E-state index < -0.39 is 0 Å². The van der Waals surface area contributed by atoms with Crippen LogP contribution >= 0.6 is 0 Å². The summed E-state index contributed by atoms with van der Waals surface area (Å²) in [6, 6.07) is 0.753. The first-order chi connectivity index (χ1) is 7.22. The molecule has 90 valence electrons. The Labute approximate surface area is 95.4 Å². The minimum Gasteiger partial charge on any atom is -0.311 e. The van der Waals surface area contributed by atoms with Crippen LogP contribution in [0.2, 0.25) is 0 Å². The fourth-order valence-electron chi connectivity index (χ4n) is 2.36. The van der Waals surface area contributed by atoms with E-state index in [1.54, 1.807) is 0 Å². The maximum Gasteiger partial charge on any atom is 0.0195 e. The van der Waals surface area contributed by atoms with E-state index in [9.17, 15) is 0 Å². The van der Waals surface area contributed by atoms with Gasteiger partial charge < -0.3 is 10.2 Å². The minimum absolute atomic E-state index is 0.753. The van der Waals surface area contributed by atoms with Gasteiger partial charge >= 0.3 is 0 Å². The van der Waals surface area contributed by atoms with E-state index in [1.165, 1.54) is 51.9 Å². The van der Waals surface area contributed by atoms with Crippen molar-refractivity contribution in [3.8, 4) is 0 Å². The summed E-state index contributed by atoms with van der Waals surface area (Å²) in [7, 11) is 0. The zero-order chi connectivity index (χ0) is 11.1. The maximum absolute atomic E-state index is 3.61. The van der Waals surface area contributed by atoms with Gasteiger partial charge in [-0.3, -0.25) is 0 Å². The van der Waals surface area contributed by atoms with E-state index in [2.05, 4.69) is 31.0 Å². The molecule has 0 aliphatic carbocycles. The third-order valence-corrected chi connectivity index (χ3v) is 3.23. The van der Waals surface area contributed by atoms with Gasteiger partial charge in [-0.05, 0) is 31.7 Å². The summed E-state index contributed by atoms with van der Waals surface area (Å²) in [5.41, 5.74) is 0. The molecule has 1 atom stereocenters. The number of piperazine rings is 1. The van der Waals surface area contributed by atoms with E-state index >= 15 is 0 Å².